The molecule has 0 aliphatic carbocycles. The van der Waals surface area contributed by atoms with E-state index in [0.717, 1.165) is 23.4 Å². The molecule has 2 aromatic heterocycles. The average Bonchev–Trinajstić information content (AvgIpc) is 2.52. The highest BCUT2D eigenvalue weighted by Crippen LogP contribution is 2.21. The Balaban J connectivity index is 2.54. The molecule has 0 atom stereocenters. The van der Waals surface area contributed by atoms with Crippen LogP contribution in [0.5, 0.6) is 0 Å². The predicted molar refractivity (Wildman–Crippen MR) is 79.3 cm³/mol. The number of imidazole rings is 1. The minimum absolute atomic E-state index is 0.305. The molecule has 0 aliphatic heterocycles. The summed E-state index contributed by atoms with van der Waals surface area (Å²) in [5.74, 6) is 1.56. The second-order valence-electron chi connectivity index (χ2n) is 6.20. The summed E-state index contributed by atoms with van der Waals surface area (Å²) in [4.78, 5) is 9.06. The average molecular weight is 281 g/mol. The summed E-state index contributed by atoms with van der Waals surface area (Å²) in [6, 6.07) is 1.85. The van der Waals surface area contributed by atoms with Crippen LogP contribution in [0.3, 0.4) is 0 Å². The Morgan fingerprint density at radius 3 is 2.68 bits per heavy atom. The Morgan fingerprint density at radius 2 is 2.11 bits per heavy atom. The zero-order chi connectivity index (χ0) is 14.2. The molecule has 0 bridgehead atoms. The van der Waals surface area contributed by atoms with E-state index in [0.29, 0.717) is 17.5 Å². The molecule has 0 fully saturated rings. The third kappa shape index (κ3) is 3.45. The third-order valence-electron chi connectivity index (χ3n) is 2.79. The molecule has 19 heavy (non-hydrogen) atoms. The summed E-state index contributed by atoms with van der Waals surface area (Å²) in [5, 5.41) is 0.611. The molecule has 4 nitrogen and oxygen atoms in total. The highest BCUT2D eigenvalue weighted by Gasteiger charge is 2.19. The van der Waals surface area contributed by atoms with E-state index in [4.69, 9.17) is 17.3 Å². The van der Waals surface area contributed by atoms with Gasteiger partial charge in [-0.2, -0.15) is 0 Å². The number of fused-ring (bicyclic) bond motifs is 1. The van der Waals surface area contributed by atoms with E-state index < -0.39 is 0 Å². The molecule has 0 saturated heterocycles. The van der Waals surface area contributed by atoms with E-state index in [-0.39, 0.29) is 5.54 Å². The normalized spacial score (nSPS) is 12.6. The standard InChI is InChI=1S/C14H21ClN4/c1-9(2)5-12-18-11-6-10(15)7-17-13(11)19(12)8-14(3,4)16/h6-7,9H,5,8,16H2,1-4H3. The van der Waals surface area contributed by atoms with E-state index in [1.807, 2.05) is 19.9 Å². The van der Waals surface area contributed by atoms with Gasteiger partial charge in [-0.05, 0) is 25.8 Å². The quantitative estimate of drug-likeness (QED) is 0.936. The number of pyridine rings is 1. The lowest BCUT2D eigenvalue weighted by molar-refractivity contribution is 0.424. The highest BCUT2D eigenvalue weighted by atomic mass is 35.5. The molecule has 2 N–H and O–H groups in total. The lowest BCUT2D eigenvalue weighted by atomic mass is 10.1. The zero-order valence-corrected chi connectivity index (χ0v) is 12.7. The molecular weight excluding hydrogens is 260 g/mol. The van der Waals surface area contributed by atoms with Crippen molar-refractivity contribution in [1.29, 1.82) is 0 Å². The van der Waals surface area contributed by atoms with Gasteiger partial charge in [0.2, 0.25) is 0 Å². The number of halogens is 1. The van der Waals surface area contributed by atoms with Crippen LogP contribution < -0.4 is 5.73 Å². The number of nitrogens with two attached hydrogens (primary N) is 1. The van der Waals surface area contributed by atoms with Crippen molar-refractivity contribution in [3.8, 4) is 0 Å². The van der Waals surface area contributed by atoms with E-state index in [9.17, 15) is 0 Å². The fourth-order valence-corrected chi connectivity index (χ4v) is 2.28. The summed E-state index contributed by atoms with van der Waals surface area (Å²) in [7, 11) is 0. The fraction of sp³-hybridized carbons (Fsp3) is 0.571. The molecule has 2 heterocycles. The second kappa shape index (κ2) is 5.10. The first-order chi connectivity index (χ1) is 8.76. The lowest BCUT2D eigenvalue weighted by Gasteiger charge is -2.21. The maximum atomic E-state index is 6.14. The van der Waals surface area contributed by atoms with Gasteiger partial charge in [0, 0.05) is 24.7 Å². The minimum atomic E-state index is -0.305. The van der Waals surface area contributed by atoms with Crippen LogP contribution in [0.25, 0.3) is 11.2 Å². The number of nitrogens with zero attached hydrogens (tertiary/aromatic N) is 3. The molecule has 2 aromatic rings. The van der Waals surface area contributed by atoms with Crippen molar-refractivity contribution in [2.24, 2.45) is 11.7 Å². The summed E-state index contributed by atoms with van der Waals surface area (Å²) in [6.07, 6.45) is 2.56. The van der Waals surface area contributed by atoms with Gasteiger partial charge >= 0.3 is 0 Å². The minimum Gasteiger partial charge on any atom is -0.324 e. The maximum absolute atomic E-state index is 6.14. The summed E-state index contributed by atoms with van der Waals surface area (Å²) >= 11 is 5.98. The van der Waals surface area contributed by atoms with Crippen LogP contribution in [0.1, 0.15) is 33.5 Å². The van der Waals surface area contributed by atoms with E-state index in [2.05, 4.69) is 28.4 Å². The Labute approximate surface area is 119 Å². The second-order valence-corrected chi connectivity index (χ2v) is 6.63. The fourth-order valence-electron chi connectivity index (χ4n) is 2.13. The monoisotopic (exact) mass is 280 g/mol. The van der Waals surface area contributed by atoms with Crippen molar-refractivity contribution in [1.82, 2.24) is 14.5 Å². The summed E-state index contributed by atoms with van der Waals surface area (Å²) in [5.41, 5.74) is 7.54. The Kier molecular flexibility index (Phi) is 3.83. The van der Waals surface area contributed by atoms with Crippen LogP contribution in [0.15, 0.2) is 12.3 Å². The van der Waals surface area contributed by atoms with E-state index in [1.54, 1.807) is 6.20 Å². The molecule has 0 unspecified atom stereocenters. The molecule has 104 valence electrons. The molecular formula is C14H21ClN4. The predicted octanol–water partition coefficient (Wildman–Crippen LogP) is 3.02. The topological polar surface area (TPSA) is 56.7 Å². The molecule has 0 saturated carbocycles. The molecule has 0 spiro atoms. The van der Waals surface area contributed by atoms with Crippen LogP contribution in [-0.4, -0.2) is 20.1 Å². The van der Waals surface area contributed by atoms with Crippen molar-refractivity contribution in [3.05, 3.63) is 23.1 Å². The van der Waals surface area contributed by atoms with Crippen molar-refractivity contribution < 1.29 is 0 Å². The molecule has 0 aromatic carbocycles. The van der Waals surface area contributed by atoms with Crippen molar-refractivity contribution in [2.75, 3.05) is 0 Å². The van der Waals surface area contributed by atoms with Gasteiger partial charge in [-0.25, -0.2) is 9.97 Å². The van der Waals surface area contributed by atoms with Crippen molar-refractivity contribution >= 4 is 22.8 Å². The Hall–Kier alpha value is -1.13. The van der Waals surface area contributed by atoms with Gasteiger partial charge < -0.3 is 10.3 Å². The van der Waals surface area contributed by atoms with Crippen molar-refractivity contribution in [2.45, 2.75) is 46.2 Å². The Morgan fingerprint density at radius 1 is 1.42 bits per heavy atom. The van der Waals surface area contributed by atoms with Gasteiger partial charge in [-0.3, -0.25) is 0 Å². The van der Waals surface area contributed by atoms with Gasteiger partial charge in [0.15, 0.2) is 5.65 Å². The molecule has 2 rings (SSSR count). The van der Waals surface area contributed by atoms with Gasteiger partial charge in [-0.15, -0.1) is 0 Å². The van der Waals surface area contributed by atoms with Crippen molar-refractivity contribution in [3.63, 3.8) is 0 Å². The van der Waals surface area contributed by atoms with E-state index >= 15 is 0 Å². The first-order valence-electron chi connectivity index (χ1n) is 6.56. The van der Waals surface area contributed by atoms with Crippen LogP contribution in [-0.2, 0) is 13.0 Å². The van der Waals surface area contributed by atoms with Gasteiger partial charge in [-0.1, -0.05) is 25.4 Å². The maximum Gasteiger partial charge on any atom is 0.160 e. The third-order valence-corrected chi connectivity index (χ3v) is 2.99. The van der Waals surface area contributed by atoms with E-state index in [1.165, 1.54) is 0 Å². The van der Waals surface area contributed by atoms with Gasteiger partial charge in [0.1, 0.15) is 11.3 Å². The van der Waals surface area contributed by atoms with Gasteiger partial charge in [0.05, 0.1) is 5.02 Å². The van der Waals surface area contributed by atoms with Crippen LogP contribution in [0, 0.1) is 5.92 Å². The highest BCUT2D eigenvalue weighted by molar-refractivity contribution is 6.31. The van der Waals surface area contributed by atoms with Crippen LogP contribution in [0.4, 0.5) is 0 Å². The first kappa shape index (κ1) is 14.3. The number of hydrogen-bond acceptors (Lipinski definition) is 3. The lowest BCUT2D eigenvalue weighted by Crippen LogP contribution is -2.37. The summed E-state index contributed by atoms with van der Waals surface area (Å²) in [6.45, 7) is 9.07. The number of hydrogen-bond donors (Lipinski definition) is 1. The largest absolute Gasteiger partial charge is 0.324 e. The molecule has 0 aliphatic rings. The molecule has 5 heteroatoms. The zero-order valence-electron chi connectivity index (χ0n) is 11.9. The van der Waals surface area contributed by atoms with Crippen LogP contribution in [0.2, 0.25) is 5.02 Å². The van der Waals surface area contributed by atoms with Crippen LogP contribution >= 0.6 is 11.6 Å². The summed E-state index contributed by atoms with van der Waals surface area (Å²) < 4.78 is 2.12. The molecule has 0 radical (unpaired) electrons. The first-order valence-corrected chi connectivity index (χ1v) is 6.93. The smallest absolute Gasteiger partial charge is 0.160 e. The number of rotatable bonds is 4. The Bertz CT molecular complexity index is 581. The SMILES string of the molecule is CC(C)Cc1nc2cc(Cl)cnc2n1CC(C)(C)N. The molecule has 0 amide bonds. The van der Waals surface area contributed by atoms with Gasteiger partial charge in [0.25, 0.3) is 0 Å². The number of aromatic nitrogens is 3.